The van der Waals surface area contributed by atoms with E-state index >= 15 is 0 Å². The standard InChI is InChI=1S/C61H51N/c1-60(2)56-22-11-9-19-52(56)54-21-13-20-50(59(54)60)43-24-26-46(27-25-43)62(47-28-30-49(41-14-5-3-6-15-41)55(37-47)42-16-7-4-8-17-42)48-29-31-53-51-18-10-12-23-57(51)61(58(53)38-48)44-33-39-32-40(35-44)36-45(61)34-39/h3-31,37-40,44-45H,32-36H2,1-2H3. The van der Waals surface area contributed by atoms with Crippen LogP contribution in [-0.2, 0) is 10.8 Å². The van der Waals surface area contributed by atoms with E-state index in [-0.39, 0.29) is 10.8 Å². The smallest absolute Gasteiger partial charge is 0.0468 e. The normalized spacial score (nSPS) is 22.9. The van der Waals surface area contributed by atoms with Crippen LogP contribution in [0.5, 0.6) is 0 Å². The van der Waals surface area contributed by atoms with Crippen molar-refractivity contribution in [3.63, 3.8) is 0 Å². The van der Waals surface area contributed by atoms with E-state index in [0.29, 0.717) is 11.8 Å². The van der Waals surface area contributed by atoms with E-state index in [1.165, 1.54) is 116 Å². The Bertz CT molecular complexity index is 3020. The monoisotopic (exact) mass is 797 g/mol. The van der Waals surface area contributed by atoms with Crippen molar-refractivity contribution in [2.45, 2.75) is 56.8 Å². The SMILES string of the molecule is CC1(C)c2ccccc2-c2cccc(-c3ccc(N(c4ccc(-c5ccccc5)c(-c5ccccc5)c4)c4ccc5c(c4)C4(c6ccccc6-5)C5CC6CC(C5)CC4C6)cc3)c21. The average Bonchev–Trinajstić information content (AvgIpc) is 3.74. The minimum Gasteiger partial charge on any atom is -0.310 e. The highest BCUT2D eigenvalue weighted by molar-refractivity contribution is 5.92. The third-order valence-electron chi connectivity index (χ3n) is 16.2. The van der Waals surface area contributed by atoms with E-state index in [0.717, 1.165) is 11.8 Å². The molecule has 4 saturated carbocycles. The zero-order valence-corrected chi connectivity index (χ0v) is 35.7. The number of hydrogen-bond acceptors (Lipinski definition) is 1. The van der Waals surface area contributed by atoms with Crippen LogP contribution in [0.2, 0.25) is 0 Å². The third kappa shape index (κ3) is 5.15. The molecule has 0 aliphatic heterocycles. The largest absolute Gasteiger partial charge is 0.310 e. The lowest BCUT2D eigenvalue weighted by Crippen LogP contribution is -2.55. The summed E-state index contributed by atoms with van der Waals surface area (Å²) in [5.74, 6) is 3.23. The second-order valence-electron chi connectivity index (χ2n) is 19.7. The highest BCUT2D eigenvalue weighted by atomic mass is 15.1. The highest BCUT2D eigenvalue weighted by Gasteiger charge is 2.61. The Morgan fingerprint density at radius 3 is 1.52 bits per heavy atom. The van der Waals surface area contributed by atoms with Crippen molar-refractivity contribution in [3.8, 4) is 55.6 Å². The van der Waals surface area contributed by atoms with Gasteiger partial charge in [-0.05, 0) is 170 Å². The molecule has 6 aliphatic rings. The molecule has 62 heavy (non-hydrogen) atoms. The minimum absolute atomic E-state index is 0.0859. The summed E-state index contributed by atoms with van der Waals surface area (Å²) >= 11 is 0. The first kappa shape index (κ1) is 36.2. The molecule has 4 bridgehead atoms. The number of anilines is 3. The summed E-state index contributed by atoms with van der Waals surface area (Å²) in [7, 11) is 0. The molecule has 0 amide bonds. The van der Waals surface area contributed by atoms with Gasteiger partial charge in [0.2, 0.25) is 0 Å². The number of rotatable bonds is 6. The Kier molecular flexibility index (Phi) is 7.91. The van der Waals surface area contributed by atoms with Crippen molar-refractivity contribution in [1.29, 1.82) is 0 Å². The van der Waals surface area contributed by atoms with Gasteiger partial charge in [-0.2, -0.15) is 0 Å². The molecule has 0 aromatic heterocycles. The molecule has 4 fully saturated rings. The van der Waals surface area contributed by atoms with Gasteiger partial charge < -0.3 is 4.90 Å². The molecule has 0 N–H and O–H groups in total. The molecule has 0 unspecified atom stereocenters. The van der Waals surface area contributed by atoms with Gasteiger partial charge in [0, 0.05) is 27.9 Å². The maximum atomic E-state index is 2.64. The summed E-state index contributed by atoms with van der Waals surface area (Å²) in [4.78, 5) is 2.55. The van der Waals surface area contributed by atoms with Crippen molar-refractivity contribution in [2.75, 3.05) is 4.90 Å². The lowest BCUT2D eigenvalue weighted by Gasteiger charge is -2.61. The third-order valence-corrected chi connectivity index (χ3v) is 16.2. The zero-order valence-electron chi connectivity index (χ0n) is 35.7. The van der Waals surface area contributed by atoms with E-state index < -0.39 is 0 Å². The quantitative estimate of drug-likeness (QED) is 0.162. The lowest BCUT2D eigenvalue weighted by molar-refractivity contribution is -0.0399. The lowest BCUT2D eigenvalue weighted by atomic mass is 9.43. The number of nitrogens with zero attached hydrogens (tertiary/aromatic N) is 1. The maximum Gasteiger partial charge on any atom is 0.0468 e. The van der Waals surface area contributed by atoms with E-state index in [2.05, 4.69) is 207 Å². The Hall–Kier alpha value is -6.44. The molecular formula is C61H51N. The Labute approximate surface area is 366 Å². The van der Waals surface area contributed by atoms with E-state index in [4.69, 9.17) is 0 Å². The van der Waals surface area contributed by atoms with Crippen LogP contribution in [0.4, 0.5) is 17.1 Å². The molecule has 1 heteroatoms. The highest BCUT2D eigenvalue weighted by Crippen LogP contribution is 2.69. The summed E-state index contributed by atoms with van der Waals surface area (Å²) < 4.78 is 0. The molecule has 0 saturated heterocycles. The van der Waals surface area contributed by atoms with Crippen LogP contribution in [-0.4, -0.2) is 0 Å². The van der Waals surface area contributed by atoms with Gasteiger partial charge in [-0.1, -0.05) is 166 Å². The topological polar surface area (TPSA) is 3.24 Å². The Morgan fingerprint density at radius 2 is 0.839 bits per heavy atom. The Morgan fingerprint density at radius 1 is 0.355 bits per heavy atom. The van der Waals surface area contributed by atoms with Crippen LogP contribution in [0.3, 0.4) is 0 Å². The van der Waals surface area contributed by atoms with Gasteiger partial charge >= 0.3 is 0 Å². The summed E-state index contributed by atoms with van der Waals surface area (Å²) in [6.45, 7) is 4.78. The number of fused-ring (bicyclic) bond motifs is 6. The number of hydrogen-bond donors (Lipinski definition) is 0. The first-order valence-electron chi connectivity index (χ1n) is 23.1. The Balaban J connectivity index is 0.997. The predicted molar refractivity (Wildman–Crippen MR) is 258 cm³/mol. The predicted octanol–water partition coefficient (Wildman–Crippen LogP) is 16.2. The molecule has 8 aromatic rings. The van der Waals surface area contributed by atoms with Gasteiger partial charge in [-0.25, -0.2) is 0 Å². The van der Waals surface area contributed by atoms with Crippen molar-refractivity contribution in [1.82, 2.24) is 0 Å². The van der Waals surface area contributed by atoms with Crippen LogP contribution in [0.25, 0.3) is 55.6 Å². The van der Waals surface area contributed by atoms with E-state index in [9.17, 15) is 0 Å². The van der Waals surface area contributed by atoms with Crippen LogP contribution in [0, 0.1) is 23.7 Å². The summed E-state index contributed by atoms with van der Waals surface area (Å²) in [5.41, 5.74) is 22.8. The second kappa shape index (κ2) is 13.5. The van der Waals surface area contributed by atoms with E-state index in [1.807, 2.05) is 0 Å². The zero-order chi connectivity index (χ0) is 41.2. The fourth-order valence-corrected chi connectivity index (χ4v) is 14.0. The van der Waals surface area contributed by atoms with Crippen molar-refractivity contribution < 1.29 is 0 Å². The average molecular weight is 798 g/mol. The number of benzene rings is 8. The maximum absolute atomic E-state index is 2.64. The van der Waals surface area contributed by atoms with Gasteiger partial charge in [-0.3, -0.25) is 0 Å². The molecule has 300 valence electrons. The molecule has 1 spiro atoms. The fraction of sp³-hybridized carbons (Fsp3) is 0.213. The molecule has 8 aromatic carbocycles. The second-order valence-corrected chi connectivity index (χ2v) is 19.7. The summed E-state index contributed by atoms with van der Waals surface area (Å²) in [6, 6.07) is 71.4. The van der Waals surface area contributed by atoms with E-state index in [1.54, 1.807) is 11.1 Å². The molecule has 0 heterocycles. The molecule has 14 rings (SSSR count). The van der Waals surface area contributed by atoms with Gasteiger partial charge in [0.1, 0.15) is 0 Å². The molecular weight excluding hydrogens is 747 g/mol. The summed E-state index contributed by atoms with van der Waals surface area (Å²) in [6.07, 6.45) is 6.97. The van der Waals surface area contributed by atoms with Gasteiger partial charge in [0.15, 0.2) is 0 Å². The first-order chi connectivity index (χ1) is 30.5. The van der Waals surface area contributed by atoms with Crippen LogP contribution >= 0.6 is 0 Å². The van der Waals surface area contributed by atoms with Gasteiger partial charge in [0.25, 0.3) is 0 Å². The van der Waals surface area contributed by atoms with Gasteiger partial charge in [-0.15, -0.1) is 0 Å². The van der Waals surface area contributed by atoms with Crippen LogP contribution in [0.1, 0.15) is 68.2 Å². The summed E-state index contributed by atoms with van der Waals surface area (Å²) in [5, 5.41) is 0. The molecule has 0 atom stereocenters. The minimum atomic E-state index is -0.0859. The molecule has 0 radical (unpaired) electrons. The van der Waals surface area contributed by atoms with Crippen molar-refractivity contribution in [2.24, 2.45) is 23.7 Å². The van der Waals surface area contributed by atoms with Crippen LogP contribution < -0.4 is 4.90 Å². The fourth-order valence-electron chi connectivity index (χ4n) is 14.0. The van der Waals surface area contributed by atoms with Crippen molar-refractivity contribution >= 4 is 17.1 Å². The van der Waals surface area contributed by atoms with Crippen LogP contribution in [0.15, 0.2) is 188 Å². The molecule has 1 nitrogen and oxygen atoms in total. The van der Waals surface area contributed by atoms with Crippen molar-refractivity contribution in [3.05, 3.63) is 210 Å². The first-order valence-corrected chi connectivity index (χ1v) is 23.1. The molecule has 6 aliphatic carbocycles. The van der Waals surface area contributed by atoms with Gasteiger partial charge in [0.05, 0.1) is 0 Å².